The average molecular weight is 489 g/mol. The lowest BCUT2D eigenvalue weighted by Gasteiger charge is -2.27. The van der Waals surface area contributed by atoms with Crippen molar-refractivity contribution in [1.82, 2.24) is 4.90 Å². The monoisotopic (exact) mass is 488 g/mol. The average Bonchev–Trinajstić information content (AvgIpc) is 3.21. The number of para-hydroxylation sites is 1. The lowest BCUT2D eigenvalue weighted by Crippen LogP contribution is -2.30. The van der Waals surface area contributed by atoms with Gasteiger partial charge < -0.3 is 14.5 Å². The number of thiophene rings is 1. The Bertz CT molecular complexity index is 1460. The summed E-state index contributed by atoms with van der Waals surface area (Å²) in [5, 5.41) is 3.83. The van der Waals surface area contributed by atoms with E-state index in [1.54, 1.807) is 31.2 Å². The fourth-order valence-corrected chi connectivity index (χ4v) is 5.60. The van der Waals surface area contributed by atoms with Crippen molar-refractivity contribution in [3.8, 4) is 0 Å². The third-order valence-electron chi connectivity index (χ3n) is 5.98. The molecule has 3 heterocycles. The second-order valence-corrected chi connectivity index (χ2v) is 9.42. The number of ether oxygens (including phenoxy) is 1. The number of carbonyl (C=O) groups excluding carboxylic acids is 2. The third-order valence-corrected chi connectivity index (χ3v) is 7.11. The van der Waals surface area contributed by atoms with Crippen LogP contribution in [0.15, 0.2) is 69.9 Å². The first-order valence-electron chi connectivity index (χ1n) is 11.5. The van der Waals surface area contributed by atoms with Crippen molar-refractivity contribution in [2.75, 3.05) is 18.5 Å². The minimum absolute atomic E-state index is 0.115. The molecular weight excluding hydrogens is 464 g/mol. The number of fused-ring (bicyclic) bond motifs is 2. The van der Waals surface area contributed by atoms with Gasteiger partial charge in [0.1, 0.15) is 16.1 Å². The smallest absolute Gasteiger partial charge is 0.349 e. The van der Waals surface area contributed by atoms with Crippen LogP contribution in [-0.2, 0) is 24.2 Å². The number of hydrogen-bond donors (Lipinski definition) is 1. The minimum Gasteiger partial charge on any atom is -0.462 e. The van der Waals surface area contributed by atoms with Gasteiger partial charge in [-0.05, 0) is 36.6 Å². The maximum absolute atomic E-state index is 13.1. The van der Waals surface area contributed by atoms with Crippen LogP contribution in [0.3, 0.4) is 0 Å². The minimum atomic E-state index is -0.728. The van der Waals surface area contributed by atoms with E-state index in [1.807, 2.05) is 18.2 Å². The number of benzene rings is 2. The van der Waals surface area contributed by atoms with E-state index in [4.69, 9.17) is 9.15 Å². The molecule has 2 aromatic carbocycles. The van der Waals surface area contributed by atoms with Crippen molar-refractivity contribution >= 4 is 39.2 Å². The van der Waals surface area contributed by atoms with Gasteiger partial charge in [-0.2, -0.15) is 0 Å². The number of nitrogens with zero attached hydrogens (tertiary/aromatic N) is 1. The van der Waals surface area contributed by atoms with Gasteiger partial charge in [0, 0.05) is 29.9 Å². The number of carbonyl (C=O) groups is 2. The molecular formula is C27H24N2O5S. The van der Waals surface area contributed by atoms with E-state index in [9.17, 15) is 14.4 Å². The third kappa shape index (κ3) is 4.76. The van der Waals surface area contributed by atoms with Crippen LogP contribution in [0.4, 0.5) is 5.00 Å². The number of hydrogen-bond acceptors (Lipinski definition) is 7. The van der Waals surface area contributed by atoms with E-state index in [0.29, 0.717) is 34.5 Å². The van der Waals surface area contributed by atoms with Crippen LogP contribution in [0.5, 0.6) is 0 Å². The molecule has 8 heteroatoms. The number of nitrogens with one attached hydrogen (secondary N) is 1. The van der Waals surface area contributed by atoms with Gasteiger partial charge in [-0.3, -0.25) is 9.69 Å². The lowest BCUT2D eigenvalue weighted by molar-refractivity contribution is 0.0526. The molecule has 0 aliphatic carbocycles. The zero-order valence-electron chi connectivity index (χ0n) is 19.2. The molecule has 0 radical (unpaired) electrons. The molecule has 178 valence electrons. The fourth-order valence-electron chi connectivity index (χ4n) is 4.33. The van der Waals surface area contributed by atoms with Crippen LogP contribution in [0.25, 0.3) is 11.0 Å². The topological polar surface area (TPSA) is 88.8 Å². The van der Waals surface area contributed by atoms with Crippen molar-refractivity contribution in [3.05, 3.63) is 98.2 Å². The maximum Gasteiger partial charge on any atom is 0.349 e. The molecule has 2 aromatic heterocycles. The molecule has 1 amide bonds. The van der Waals surface area contributed by atoms with Gasteiger partial charge in [-0.25, -0.2) is 9.59 Å². The molecule has 0 saturated carbocycles. The molecule has 1 aliphatic heterocycles. The van der Waals surface area contributed by atoms with E-state index in [1.165, 1.54) is 23.0 Å². The van der Waals surface area contributed by atoms with Gasteiger partial charge >= 0.3 is 11.6 Å². The Morgan fingerprint density at radius 1 is 1.11 bits per heavy atom. The predicted molar refractivity (Wildman–Crippen MR) is 135 cm³/mol. The zero-order chi connectivity index (χ0) is 24.4. The highest BCUT2D eigenvalue weighted by atomic mass is 32.1. The van der Waals surface area contributed by atoms with Crippen molar-refractivity contribution in [1.29, 1.82) is 0 Å². The Balaban J connectivity index is 1.45. The molecule has 1 aliphatic rings. The van der Waals surface area contributed by atoms with E-state index in [0.717, 1.165) is 23.5 Å². The Kier molecular flexibility index (Phi) is 6.48. The summed E-state index contributed by atoms with van der Waals surface area (Å²) >= 11 is 1.36. The van der Waals surface area contributed by atoms with Crippen molar-refractivity contribution in [3.63, 3.8) is 0 Å². The Labute approximate surface area is 205 Å². The van der Waals surface area contributed by atoms with Crippen LogP contribution in [0.2, 0.25) is 0 Å². The zero-order valence-corrected chi connectivity index (χ0v) is 20.0. The number of esters is 1. The largest absolute Gasteiger partial charge is 0.462 e. The summed E-state index contributed by atoms with van der Waals surface area (Å²) in [6.45, 7) is 4.22. The molecule has 0 unspecified atom stereocenters. The Hall–Kier alpha value is -3.75. The van der Waals surface area contributed by atoms with Crippen LogP contribution >= 0.6 is 11.3 Å². The van der Waals surface area contributed by atoms with Crippen LogP contribution < -0.4 is 10.9 Å². The van der Waals surface area contributed by atoms with Crippen LogP contribution in [-0.4, -0.2) is 29.9 Å². The molecule has 0 atom stereocenters. The van der Waals surface area contributed by atoms with Gasteiger partial charge in [0.2, 0.25) is 0 Å². The fraction of sp³-hybridized carbons (Fsp3) is 0.222. The number of anilines is 1. The van der Waals surface area contributed by atoms with Crippen LogP contribution in [0, 0.1) is 0 Å². The van der Waals surface area contributed by atoms with Crippen molar-refractivity contribution in [2.24, 2.45) is 0 Å². The standard InChI is InChI=1S/C27H24N2O5S/c1-2-33-27(32)23-19-12-13-29(15-17-8-4-3-5-9-17)16-22(19)35-25(23)28-24(30)20-14-18-10-6-7-11-21(18)34-26(20)31/h3-11,14H,2,12-13,15-16H2,1H3,(H,28,30). The van der Waals surface area contributed by atoms with Gasteiger partial charge in [-0.1, -0.05) is 48.5 Å². The molecule has 35 heavy (non-hydrogen) atoms. The Morgan fingerprint density at radius 3 is 2.69 bits per heavy atom. The molecule has 0 spiro atoms. The molecule has 0 fully saturated rings. The highest BCUT2D eigenvalue weighted by molar-refractivity contribution is 7.17. The summed E-state index contributed by atoms with van der Waals surface area (Å²) in [6.07, 6.45) is 0.667. The van der Waals surface area contributed by atoms with Gasteiger partial charge in [0.25, 0.3) is 5.91 Å². The maximum atomic E-state index is 13.1. The van der Waals surface area contributed by atoms with E-state index < -0.39 is 17.5 Å². The van der Waals surface area contributed by atoms with Gasteiger partial charge in [-0.15, -0.1) is 11.3 Å². The first-order chi connectivity index (χ1) is 17.0. The molecule has 1 N–H and O–H groups in total. The SMILES string of the molecule is CCOC(=O)c1c(NC(=O)c2cc3ccccc3oc2=O)sc2c1CCN(Cc1ccccc1)C2. The molecule has 0 bridgehead atoms. The molecule has 7 nitrogen and oxygen atoms in total. The van der Waals surface area contributed by atoms with E-state index in [-0.39, 0.29) is 12.2 Å². The van der Waals surface area contributed by atoms with Crippen molar-refractivity contribution < 1.29 is 18.7 Å². The quantitative estimate of drug-likeness (QED) is 0.309. The van der Waals surface area contributed by atoms with Crippen molar-refractivity contribution in [2.45, 2.75) is 26.4 Å². The summed E-state index contributed by atoms with van der Waals surface area (Å²) in [6, 6.07) is 18.7. The highest BCUT2D eigenvalue weighted by Crippen LogP contribution is 2.38. The second kappa shape index (κ2) is 9.85. The first-order valence-corrected chi connectivity index (χ1v) is 12.3. The van der Waals surface area contributed by atoms with Crippen LogP contribution in [0.1, 0.15) is 43.6 Å². The summed E-state index contributed by atoms with van der Waals surface area (Å²) < 4.78 is 10.6. The molecule has 4 aromatic rings. The van der Waals surface area contributed by atoms with E-state index in [2.05, 4.69) is 22.3 Å². The number of amides is 1. The normalized spacial score (nSPS) is 13.4. The summed E-state index contributed by atoms with van der Waals surface area (Å²) in [5.41, 5.74) is 2.06. The summed E-state index contributed by atoms with van der Waals surface area (Å²) in [7, 11) is 0. The lowest BCUT2D eigenvalue weighted by atomic mass is 10.0. The Morgan fingerprint density at radius 2 is 1.89 bits per heavy atom. The first kappa shape index (κ1) is 23.0. The van der Waals surface area contributed by atoms with Gasteiger partial charge in [0.05, 0.1) is 12.2 Å². The highest BCUT2D eigenvalue weighted by Gasteiger charge is 2.30. The van der Waals surface area contributed by atoms with Gasteiger partial charge in [0.15, 0.2) is 0 Å². The second-order valence-electron chi connectivity index (χ2n) is 8.31. The van der Waals surface area contributed by atoms with E-state index >= 15 is 0 Å². The summed E-state index contributed by atoms with van der Waals surface area (Å²) in [4.78, 5) is 41.8. The number of rotatable bonds is 6. The summed E-state index contributed by atoms with van der Waals surface area (Å²) in [5.74, 6) is -1.09. The molecule has 5 rings (SSSR count). The predicted octanol–water partition coefficient (Wildman–Crippen LogP) is 4.84. The molecule has 0 saturated heterocycles.